The highest BCUT2D eigenvalue weighted by atomic mass is 35.5. The Morgan fingerprint density at radius 3 is 2.77 bits per heavy atom. The van der Waals surface area contributed by atoms with Gasteiger partial charge in [0.05, 0.1) is 23.3 Å². The maximum Gasteiger partial charge on any atom is 0.341 e. The van der Waals surface area contributed by atoms with Crippen LogP contribution in [0.25, 0.3) is 10.9 Å². The molecule has 0 fully saturated rings. The van der Waals surface area contributed by atoms with Gasteiger partial charge in [0, 0.05) is 21.3 Å². The number of pyridine rings is 1. The number of halogens is 2. The summed E-state index contributed by atoms with van der Waals surface area (Å²) in [7, 11) is 0. The van der Waals surface area contributed by atoms with Crippen LogP contribution < -0.4 is 5.43 Å². The van der Waals surface area contributed by atoms with Crippen molar-refractivity contribution >= 4 is 46.0 Å². The lowest BCUT2D eigenvalue weighted by atomic mass is 10.1. The van der Waals surface area contributed by atoms with E-state index in [-0.39, 0.29) is 22.5 Å². The number of hydrogen-bond acceptors (Lipinski definition) is 6. The second kappa shape index (κ2) is 8.05. The minimum atomic E-state index is -1.42. The van der Waals surface area contributed by atoms with E-state index in [0.717, 1.165) is 15.8 Å². The molecule has 0 radical (unpaired) electrons. The highest BCUT2D eigenvalue weighted by Gasteiger charge is 2.18. The van der Waals surface area contributed by atoms with Crippen molar-refractivity contribution in [3.8, 4) is 0 Å². The van der Waals surface area contributed by atoms with E-state index in [1.54, 1.807) is 24.5 Å². The third-order valence-electron chi connectivity index (χ3n) is 4.59. The number of benzene rings is 1. The molecule has 3 heterocycles. The topological polar surface area (TPSA) is 102 Å². The zero-order valence-corrected chi connectivity index (χ0v) is 17.9. The fourth-order valence-electron chi connectivity index (χ4n) is 3.11. The molecule has 0 aliphatic carbocycles. The highest BCUT2D eigenvalue weighted by Crippen LogP contribution is 2.22. The van der Waals surface area contributed by atoms with E-state index in [0.29, 0.717) is 11.6 Å². The number of thiophene rings is 1. The molecule has 11 heteroatoms. The molecule has 0 saturated carbocycles. The molecule has 4 rings (SSSR count). The lowest BCUT2D eigenvalue weighted by molar-refractivity contribution is 0.0695. The van der Waals surface area contributed by atoms with E-state index in [4.69, 9.17) is 11.6 Å². The summed E-state index contributed by atoms with van der Waals surface area (Å²) >= 11 is 7.49. The molecular formula is C20H15ClFN5O3S. The van der Waals surface area contributed by atoms with E-state index in [2.05, 4.69) is 15.3 Å². The molecule has 0 amide bonds. The van der Waals surface area contributed by atoms with Crippen molar-refractivity contribution < 1.29 is 14.3 Å². The van der Waals surface area contributed by atoms with Gasteiger partial charge in [-0.2, -0.15) is 9.78 Å². The Bertz CT molecular complexity index is 1420. The quantitative estimate of drug-likeness (QED) is 0.458. The molecule has 8 nitrogen and oxygen atoms in total. The zero-order chi connectivity index (χ0) is 22.3. The van der Waals surface area contributed by atoms with Crippen molar-refractivity contribution in [2.45, 2.75) is 20.4 Å². The van der Waals surface area contributed by atoms with Crippen molar-refractivity contribution in [3.05, 3.63) is 78.5 Å². The number of aromatic nitrogens is 4. The standard InChI is InChI=1S/C20H15ClFN5O3S/c1-10-3-4-12(31-10)7-23-27-11(2)24-25-18(27)9-26-8-14(20(29)30)19(28)13-5-16(22)15(21)6-17(13)26/h3-8H,9H2,1-2H3,(H,29,30)/b23-7+. The number of carboxylic acid groups (broad SMARTS) is 1. The van der Waals surface area contributed by atoms with Crippen LogP contribution in [0, 0.1) is 19.7 Å². The van der Waals surface area contributed by atoms with Gasteiger partial charge in [-0.3, -0.25) is 4.79 Å². The average molecular weight is 460 g/mol. The summed E-state index contributed by atoms with van der Waals surface area (Å²) in [6.45, 7) is 3.75. The fourth-order valence-corrected chi connectivity index (χ4v) is 4.01. The minimum Gasteiger partial charge on any atom is -0.477 e. The number of fused-ring (bicyclic) bond motifs is 1. The molecule has 0 aliphatic heterocycles. The van der Waals surface area contributed by atoms with Crippen LogP contribution in [0.2, 0.25) is 5.02 Å². The predicted molar refractivity (Wildman–Crippen MR) is 116 cm³/mol. The van der Waals surface area contributed by atoms with Crippen molar-refractivity contribution in [3.63, 3.8) is 0 Å². The lowest BCUT2D eigenvalue weighted by Gasteiger charge is -2.12. The lowest BCUT2D eigenvalue weighted by Crippen LogP contribution is -2.20. The van der Waals surface area contributed by atoms with E-state index in [9.17, 15) is 19.1 Å². The molecule has 4 aromatic rings. The normalized spacial score (nSPS) is 11.6. The van der Waals surface area contributed by atoms with Crippen LogP contribution in [0.1, 0.15) is 31.8 Å². The minimum absolute atomic E-state index is 0.0284. The van der Waals surface area contributed by atoms with E-state index < -0.39 is 22.8 Å². The van der Waals surface area contributed by atoms with Crippen molar-refractivity contribution in [1.82, 2.24) is 19.4 Å². The van der Waals surface area contributed by atoms with Crippen molar-refractivity contribution in [1.29, 1.82) is 0 Å². The van der Waals surface area contributed by atoms with Crippen LogP contribution >= 0.6 is 22.9 Å². The maximum absolute atomic E-state index is 14.0. The predicted octanol–water partition coefficient (Wildman–Crippen LogP) is 3.69. The van der Waals surface area contributed by atoms with Crippen LogP contribution in [0.15, 0.2) is 40.4 Å². The highest BCUT2D eigenvalue weighted by molar-refractivity contribution is 7.13. The first kappa shape index (κ1) is 20.9. The molecule has 31 heavy (non-hydrogen) atoms. The molecule has 158 valence electrons. The first-order chi connectivity index (χ1) is 14.7. The molecule has 1 N–H and O–H groups in total. The molecule has 0 bridgehead atoms. The third-order valence-corrected chi connectivity index (χ3v) is 5.81. The summed E-state index contributed by atoms with van der Waals surface area (Å²) in [5, 5.41) is 21.7. The molecular weight excluding hydrogens is 445 g/mol. The summed E-state index contributed by atoms with van der Waals surface area (Å²) in [5.74, 6) is -1.31. The van der Waals surface area contributed by atoms with Crippen LogP contribution in [0.5, 0.6) is 0 Å². The molecule has 1 aromatic carbocycles. The Labute approximate surface area is 183 Å². The summed E-state index contributed by atoms with van der Waals surface area (Å²) in [6.07, 6.45) is 2.86. The van der Waals surface area contributed by atoms with Gasteiger partial charge in [-0.1, -0.05) is 11.6 Å². The maximum atomic E-state index is 14.0. The number of nitrogens with zero attached hydrogens (tertiary/aromatic N) is 5. The molecule has 3 aromatic heterocycles. The Kier molecular flexibility index (Phi) is 5.42. The second-order valence-corrected chi connectivity index (χ2v) is 8.48. The van der Waals surface area contributed by atoms with E-state index >= 15 is 0 Å². The van der Waals surface area contributed by atoms with Crippen LogP contribution in [0.3, 0.4) is 0 Å². The number of rotatable bonds is 5. The van der Waals surface area contributed by atoms with Crippen molar-refractivity contribution in [2.75, 3.05) is 0 Å². The summed E-state index contributed by atoms with van der Waals surface area (Å²) in [4.78, 5) is 26.2. The van der Waals surface area contributed by atoms with Crippen LogP contribution in [-0.2, 0) is 6.54 Å². The number of carbonyl (C=O) groups is 1. The first-order valence-electron chi connectivity index (χ1n) is 9.02. The Morgan fingerprint density at radius 1 is 1.32 bits per heavy atom. The van der Waals surface area contributed by atoms with Gasteiger partial charge in [-0.15, -0.1) is 21.5 Å². The fraction of sp³-hybridized carbons (Fsp3) is 0.150. The zero-order valence-electron chi connectivity index (χ0n) is 16.3. The summed E-state index contributed by atoms with van der Waals surface area (Å²) in [5.41, 5.74) is -1.01. The van der Waals surface area contributed by atoms with Gasteiger partial charge in [0.25, 0.3) is 0 Å². The third kappa shape index (κ3) is 3.99. The van der Waals surface area contributed by atoms with Gasteiger partial charge in [0.2, 0.25) is 5.43 Å². The van der Waals surface area contributed by atoms with Crippen molar-refractivity contribution in [2.24, 2.45) is 5.10 Å². The van der Waals surface area contributed by atoms with Gasteiger partial charge in [0.1, 0.15) is 11.4 Å². The molecule has 0 unspecified atom stereocenters. The number of hydrogen-bond donors (Lipinski definition) is 1. The van der Waals surface area contributed by atoms with Gasteiger partial charge < -0.3 is 9.67 Å². The van der Waals surface area contributed by atoms with Gasteiger partial charge in [0.15, 0.2) is 11.6 Å². The second-order valence-electron chi connectivity index (χ2n) is 6.76. The summed E-state index contributed by atoms with van der Waals surface area (Å²) < 4.78 is 17.0. The Balaban J connectivity index is 1.83. The average Bonchev–Trinajstić information content (AvgIpc) is 3.28. The number of aryl methyl sites for hydroxylation is 2. The van der Waals surface area contributed by atoms with Gasteiger partial charge in [-0.05, 0) is 38.1 Å². The van der Waals surface area contributed by atoms with Gasteiger partial charge in [-0.25, -0.2) is 9.18 Å². The number of carboxylic acids is 1. The van der Waals surface area contributed by atoms with Gasteiger partial charge >= 0.3 is 5.97 Å². The first-order valence-corrected chi connectivity index (χ1v) is 10.2. The summed E-state index contributed by atoms with van der Waals surface area (Å²) in [6, 6.07) is 6.14. The van der Waals surface area contributed by atoms with Crippen LogP contribution in [-0.4, -0.2) is 36.7 Å². The Morgan fingerprint density at radius 2 is 2.10 bits per heavy atom. The van der Waals surface area contributed by atoms with E-state index in [1.165, 1.54) is 21.5 Å². The largest absolute Gasteiger partial charge is 0.477 e. The molecule has 0 spiro atoms. The molecule has 0 aliphatic rings. The van der Waals surface area contributed by atoms with Crippen LogP contribution in [0.4, 0.5) is 4.39 Å². The Hall–Kier alpha value is -3.37. The van der Waals surface area contributed by atoms with E-state index in [1.807, 2.05) is 19.1 Å². The smallest absolute Gasteiger partial charge is 0.341 e. The SMILES string of the molecule is Cc1ccc(/C=N/n2c(C)nnc2Cn2cc(C(=O)O)c(=O)c3cc(F)c(Cl)cc32)s1. The molecule has 0 atom stereocenters. The monoisotopic (exact) mass is 459 g/mol. The molecule has 0 saturated heterocycles. The number of aromatic carboxylic acids is 1.